The molecule has 0 bridgehead atoms. The molecule has 0 spiro atoms. The van der Waals surface area contributed by atoms with Gasteiger partial charge in [-0.05, 0) is 61.3 Å². The zero-order chi connectivity index (χ0) is 20.6. The Morgan fingerprint density at radius 1 is 1.07 bits per heavy atom. The van der Waals surface area contributed by atoms with Crippen LogP contribution >= 0.6 is 0 Å². The van der Waals surface area contributed by atoms with Gasteiger partial charge in [0, 0.05) is 11.5 Å². The van der Waals surface area contributed by atoms with Crippen LogP contribution in [0, 0.1) is 26.7 Å². The van der Waals surface area contributed by atoms with Crippen LogP contribution in [-0.4, -0.2) is 0 Å². The molecule has 0 N–H and O–H groups in total. The number of benzene rings is 2. The number of rotatable bonds is 2. The Bertz CT molecular complexity index is 1340. The number of fused-ring (bicyclic) bond motifs is 3. The molecule has 0 saturated heterocycles. The number of pyridine rings is 1. The molecule has 2 aliphatic rings. The van der Waals surface area contributed by atoms with Gasteiger partial charge in [-0.1, -0.05) is 37.8 Å². The number of aromatic nitrogens is 1. The Morgan fingerprint density at radius 3 is 2.67 bits per heavy atom. The molecule has 1 saturated carbocycles. The lowest BCUT2D eigenvalue weighted by Crippen LogP contribution is -2.34. The molecule has 2 aromatic carbocycles. The number of furan rings is 1. The van der Waals surface area contributed by atoms with Crippen LogP contribution in [0.3, 0.4) is 0 Å². The van der Waals surface area contributed by atoms with Crippen LogP contribution in [0.4, 0.5) is 0 Å². The molecule has 0 unspecified atom stereocenters. The number of aryl methyl sites for hydroxylation is 3. The van der Waals surface area contributed by atoms with E-state index in [1.165, 1.54) is 70.0 Å². The van der Waals surface area contributed by atoms with E-state index in [1.54, 1.807) is 0 Å². The Morgan fingerprint density at radius 2 is 1.87 bits per heavy atom. The summed E-state index contributed by atoms with van der Waals surface area (Å²) >= 11 is 0. The summed E-state index contributed by atoms with van der Waals surface area (Å²) in [7, 11) is 2.15. The van der Waals surface area contributed by atoms with Gasteiger partial charge in [0.1, 0.15) is 12.8 Å². The van der Waals surface area contributed by atoms with E-state index in [2.05, 4.69) is 56.7 Å². The minimum absolute atomic E-state index is 0.719. The monoisotopic (exact) mass is 398 g/mol. The topological polar surface area (TPSA) is 26.2 Å². The van der Waals surface area contributed by atoms with Gasteiger partial charge in [-0.3, -0.25) is 0 Å². The van der Waals surface area contributed by atoms with Crippen molar-refractivity contribution in [2.45, 2.75) is 52.9 Å². The summed E-state index contributed by atoms with van der Waals surface area (Å²) in [5.41, 5.74) is 9.79. The summed E-state index contributed by atoms with van der Waals surface area (Å²) < 4.78 is 15.1. The first-order valence-electron chi connectivity index (χ1n) is 11.2. The van der Waals surface area contributed by atoms with Crippen LogP contribution < -0.4 is 9.30 Å². The predicted molar refractivity (Wildman–Crippen MR) is 120 cm³/mol. The second-order valence-corrected chi connectivity index (χ2v) is 9.36. The summed E-state index contributed by atoms with van der Waals surface area (Å²) in [6.07, 6.45) is 8.15. The fourth-order valence-electron chi connectivity index (χ4n) is 5.77. The van der Waals surface area contributed by atoms with E-state index in [-0.39, 0.29) is 0 Å². The minimum Gasteiger partial charge on any atom is -0.457 e. The van der Waals surface area contributed by atoms with Crippen molar-refractivity contribution in [1.82, 2.24) is 0 Å². The van der Waals surface area contributed by atoms with E-state index in [4.69, 9.17) is 9.15 Å². The van der Waals surface area contributed by atoms with E-state index in [0.29, 0.717) is 0 Å². The van der Waals surface area contributed by atoms with Crippen LogP contribution in [0.15, 0.2) is 34.9 Å². The second-order valence-electron chi connectivity index (χ2n) is 9.36. The third kappa shape index (κ3) is 2.41. The van der Waals surface area contributed by atoms with Crippen molar-refractivity contribution in [2.75, 3.05) is 0 Å². The van der Waals surface area contributed by atoms with Gasteiger partial charge in [-0.15, -0.1) is 0 Å². The first-order chi connectivity index (χ1) is 14.5. The standard InChI is InChI=1S/C27H28NO2/c1-15-11-19-13-16(2)17(3)23-24(19)22(12-15)30-27-20(14-18-7-5-6-8-18)26-21(9-10-29-26)28(4)25(23)27/h9-13,18H,5-8,14H2,1-4H3/q+1. The minimum atomic E-state index is 0.719. The molecule has 1 fully saturated rings. The van der Waals surface area contributed by atoms with Gasteiger partial charge in [-0.2, -0.15) is 4.57 Å². The maximum absolute atomic E-state index is 6.74. The zero-order valence-electron chi connectivity index (χ0n) is 18.3. The average Bonchev–Trinajstić information content (AvgIpc) is 3.40. The van der Waals surface area contributed by atoms with Gasteiger partial charge in [-0.25, -0.2) is 0 Å². The van der Waals surface area contributed by atoms with Gasteiger partial charge in [0.05, 0.1) is 17.4 Å². The molecule has 6 rings (SSSR count). The van der Waals surface area contributed by atoms with E-state index in [1.807, 2.05) is 6.26 Å². The van der Waals surface area contributed by atoms with E-state index < -0.39 is 0 Å². The first kappa shape index (κ1) is 18.0. The zero-order valence-corrected chi connectivity index (χ0v) is 18.3. The Kier molecular flexibility index (Phi) is 3.80. The molecular formula is C27H28NO2+. The summed E-state index contributed by atoms with van der Waals surface area (Å²) in [5.74, 6) is 2.70. The van der Waals surface area contributed by atoms with Crippen LogP contribution in [0.5, 0.6) is 11.5 Å². The molecule has 1 aliphatic carbocycles. The summed E-state index contributed by atoms with van der Waals surface area (Å²) in [4.78, 5) is 0. The van der Waals surface area contributed by atoms with Crippen molar-refractivity contribution in [1.29, 1.82) is 0 Å². The Balaban J connectivity index is 1.74. The van der Waals surface area contributed by atoms with Gasteiger partial charge >= 0.3 is 0 Å². The third-order valence-corrected chi connectivity index (χ3v) is 7.39. The molecule has 0 atom stereocenters. The first-order valence-corrected chi connectivity index (χ1v) is 11.2. The summed E-state index contributed by atoms with van der Waals surface area (Å²) in [6.45, 7) is 6.62. The smallest absolute Gasteiger partial charge is 0.257 e. The predicted octanol–water partition coefficient (Wildman–Crippen LogP) is 6.84. The van der Waals surface area contributed by atoms with Gasteiger partial charge < -0.3 is 9.15 Å². The summed E-state index contributed by atoms with van der Waals surface area (Å²) in [6, 6.07) is 8.86. The molecule has 152 valence electrons. The summed E-state index contributed by atoms with van der Waals surface area (Å²) in [5, 5.41) is 2.50. The van der Waals surface area contributed by atoms with Crippen molar-refractivity contribution < 1.29 is 13.7 Å². The molecule has 0 radical (unpaired) electrons. The third-order valence-electron chi connectivity index (χ3n) is 7.39. The second kappa shape index (κ2) is 6.34. The maximum Gasteiger partial charge on any atom is 0.257 e. The van der Waals surface area contributed by atoms with E-state index >= 15 is 0 Å². The fourth-order valence-corrected chi connectivity index (χ4v) is 5.77. The SMILES string of the molecule is Cc1cc2c3c(c(C)c(C)cc3c1)-c1c(c(CC3CCCC3)c3occc3[n+]1C)O2. The number of hydrogen-bond donors (Lipinski definition) is 0. The molecular weight excluding hydrogens is 370 g/mol. The van der Waals surface area contributed by atoms with Crippen molar-refractivity contribution in [2.24, 2.45) is 13.0 Å². The highest BCUT2D eigenvalue weighted by Crippen LogP contribution is 2.51. The molecule has 1 aliphatic heterocycles. The fraction of sp³-hybridized carbons (Fsp3) is 0.370. The van der Waals surface area contributed by atoms with Gasteiger partial charge in [0.2, 0.25) is 11.3 Å². The molecule has 3 heteroatoms. The molecule has 3 heterocycles. The quantitative estimate of drug-likeness (QED) is 0.304. The highest BCUT2D eigenvalue weighted by atomic mass is 16.5. The van der Waals surface area contributed by atoms with Crippen LogP contribution in [0.1, 0.15) is 47.9 Å². The van der Waals surface area contributed by atoms with Crippen LogP contribution in [0.25, 0.3) is 33.1 Å². The van der Waals surface area contributed by atoms with E-state index in [0.717, 1.165) is 34.9 Å². The van der Waals surface area contributed by atoms with Gasteiger partial charge in [0.15, 0.2) is 0 Å². The highest BCUT2D eigenvalue weighted by Gasteiger charge is 2.36. The normalized spacial score (nSPS) is 15.7. The molecule has 3 nitrogen and oxygen atoms in total. The molecule has 0 amide bonds. The Labute approximate surface area is 177 Å². The Hall–Kier alpha value is -2.81. The molecule has 2 aromatic heterocycles. The number of nitrogens with zero attached hydrogens (tertiary/aromatic N) is 1. The van der Waals surface area contributed by atoms with Crippen LogP contribution in [0.2, 0.25) is 0 Å². The van der Waals surface area contributed by atoms with Crippen molar-refractivity contribution in [3.8, 4) is 22.8 Å². The number of hydrogen-bond acceptors (Lipinski definition) is 2. The van der Waals surface area contributed by atoms with E-state index in [9.17, 15) is 0 Å². The lowest BCUT2D eigenvalue weighted by molar-refractivity contribution is -0.634. The lowest BCUT2D eigenvalue weighted by Gasteiger charge is -2.25. The van der Waals surface area contributed by atoms with Crippen molar-refractivity contribution >= 4 is 21.9 Å². The number of ether oxygens (including phenoxy) is 1. The average molecular weight is 399 g/mol. The lowest BCUT2D eigenvalue weighted by atomic mass is 9.87. The maximum atomic E-state index is 6.74. The van der Waals surface area contributed by atoms with Gasteiger partial charge in [0.25, 0.3) is 11.2 Å². The van der Waals surface area contributed by atoms with Crippen molar-refractivity contribution in [3.63, 3.8) is 0 Å². The van der Waals surface area contributed by atoms with Crippen LogP contribution in [-0.2, 0) is 13.5 Å². The molecule has 30 heavy (non-hydrogen) atoms. The molecule has 4 aromatic rings. The highest BCUT2D eigenvalue weighted by molar-refractivity contribution is 6.05. The van der Waals surface area contributed by atoms with Crippen molar-refractivity contribution in [3.05, 3.63) is 52.8 Å². The largest absolute Gasteiger partial charge is 0.457 e.